The number of rotatable bonds is 91. The fourth-order valence-electron chi connectivity index (χ4n) is 14.3. The van der Waals surface area contributed by atoms with Gasteiger partial charge in [-0.25, -0.2) is 9.13 Å². The molecule has 17 nitrogen and oxygen atoms in total. The molecule has 3 unspecified atom stereocenters. The zero-order valence-electron chi connectivity index (χ0n) is 72.4. The Hall–Kier alpha value is -1.94. The average molecular weight is 1610 g/mol. The van der Waals surface area contributed by atoms with Crippen LogP contribution in [0.2, 0.25) is 0 Å². The number of unbranched alkanes of at least 4 members (excludes halogenated alkanes) is 62. The topological polar surface area (TPSA) is 237 Å². The number of carbonyl (C=O) groups is 4. The number of ether oxygens (including phenoxy) is 4. The summed E-state index contributed by atoms with van der Waals surface area (Å²) in [6.45, 7) is 7.40. The van der Waals surface area contributed by atoms with E-state index in [-0.39, 0.29) is 25.7 Å². The smallest absolute Gasteiger partial charge is 0.462 e. The Morgan fingerprint density at radius 2 is 0.436 bits per heavy atom. The molecule has 0 rings (SSSR count). The summed E-state index contributed by atoms with van der Waals surface area (Å²) < 4.78 is 69.1. The highest BCUT2D eigenvalue weighted by Crippen LogP contribution is 2.45. The van der Waals surface area contributed by atoms with E-state index in [0.717, 1.165) is 95.8 Å². The van der Waals surface area contributed by atoms with E-state index in [0.29, 0.717) is 25.7 Å². The third-order valence-corrected chi connectivity index (χ3v) is 23.8. The Morgan fingerprint density at radius 3 is 0.645 bits per heavy atom. The van der Waals surface area contributed by atoms with Gasteiger partial charge in [0.2, 0.25) is 0 Å². The minimum absolute atomic E-state index is 0.108. The summed E-state index contributed by atoms with van der Waals surface area (Å²) in [7, 11) is -9.94. The predicted octanol–water partition coefficient (Wildman–Crippen LogP) is 28.3. The molecule has 0 aromatic rings. The van der Waals surface area contributed by atoms with E-state index in [1.165, 1.54) is 321 Å². The normalized spacial score (nSPS) is 13.9. The summed E-state index contributed by atoms with van der Waals surface area (Å²) in [6, 6.07) is 0. The summed E-state index contributed by atoms with van der Waals surface area (Å²) >= 11 is 0. The molecule has 654 valence electrons. The maximum Gasteiger partial charge on any atom is 0.472 e. The highest BCUT2D eigenvalue weighted by Gasteiger charge is 2.31. The molecule has 0 aromatic heterocycles. The molecule has 0 radical (unpaired) electrons. The molecule has 0 saturated carbocycles. The van der Waals surface area contributed by atoms with Gasteiger partial charge in [0, 0.05) is 25.7 Å². The standard InChI is InChI=1S/C91H178O17P2/c1-6-10-13-16-19-22-25-28-31-34-36-38-40-42-45-47-50-53-59-64-69-74-88(93)101-80-86(107-90(95)77-72-67-62-55-52-49-46-43-41-39-37-35-32-29-26-23-20-17-14-11-7-2)82-105-109(97,98)103-78-85(92)79-104-110(99,100)106-83-87(81-102-89(94)75-70-65-60-57-56-58-63-68-73-84(5)9-4)108-91(96)76-71-66-61-54-51-48-44-33-30-27-24-21-18-15-12-8-3/h84-87,92H,6-83H2,1-5H3,(H,97,98)(H,99,100)/t84?,85-,86-,87-/m1/s1. The van der Waals surface area contributed by atoms with Crippen molar-refractivity contribution in [3.8, 4) is 0 Å². The summed E-state index contributed by atoms with van der Waals surface area (Å²) in [4.78, 5) is 73.4. The number of hydrogen-bond acceptors (Lipinski definition) is 15. The van der Waals surface area contributed by atoms with Gasteiger partial charge in [-0.3, -0.25) is 37.3 Å². The van der Waals surface area contributed by atoms with Gasteiger partial charge in [-0.15, -0.1) is 0 Å². The lowest BCUT2D eigenvalue weighted by atomic mass is 9.99. The van der Waals surface area contributed by atoms with E-state index in [4.69, 9.17) is 37.0 Å². The van der Waals surface area contributed by atoms with Crippen LogP contribution in [0.15, 0.2) is 0 Å². The molecule has 19 heteroatoms. The Balaban J connectivity index is 5.24. The molecule has 110 heavy (non-hydrogen) atoms. The number of aliphatic hydroxyl groups is 1. The lowest BCUT2D eigenvalue weighted by Gasteiger charge is -2.21. The van der Waals surface area contributed by atoms with Gasteiger partial charge in [0.1, 0.15) is 19.3 Å². The number of carbonyl (C=O) groups excluding carboxylic acids is 4. The summed E-state index contributed by atoms with van der Waals surface area (Å²) in [5.74, 6) is -1.32. The van der Waals surface area contributed by atoms with E-state index in [1.807, 2.05) is 0 Å². The summed E-state index contributed by atoms with van der Waals surface area (Å²) in [6.07, 6.45) is 79.3. The van der Waals surface area contributed by atoms with Gasteiger partial charge in [0.25, 0.3) is 0 Å². The van der Waals surface area contributed by atoms with Crippen molar-refractivity contribution in [2.45, 2.75) is 515 Å². The Kier molecular flexibility index (Phi) is 82.1. The van der Waals surface area contributed by atoms with Crippen molar-refractivity contribution < 1.29 is 80.2 Å². The van der Waals surface area contributed by atoms with Crippen molar-refractivity contribution in [3.63, 3.8) is 0 Å². The molecule has 0 aliphatic rings. The quantitative estimate of drug-likeness (QED) is 0.0222. The molecule has 0 amide bonds. The zero-order chi connectivity index (χ0) is 80.4. The van der Waals surface area contributed by atoms with Crippen LogP contribution in [0.5, 0.6) is 0 Å². The number of esters is 4. The molecule has 0 aliphatic heterocycles. The molecule has 3 N–H and O–H groups in total. The van der Waals surface area contributed by atoms with Crippen LogP contribution in [0.3, 0.4) is 0 Å². The van der Waals surface area contributed by atoms with Gasteiger partial charge in [-0.2, -0.15) is 0 Å². The van der Waals surface area contributed by atoms with E-state index in [2.05, 4.69) is 34.6 Å². The van der Waals surface area contributed by atoms with Crippen molar-refractivity contribution >= 4 is 39.5 Å². The van der Waals surface area contributed by atoms with E-state index in [1.54, 1.807) is 0 Å². The van der Waals surface area contributed by atoms with Crippen LogP contribution in [0.4, 0.5) is 0 Å². The second-order valence-corrected chi connectivity index (χ2v) is 35.8. The van der Waals surface area contributed by atoms with Gasteiger partial charge in [0.15, 0.2) is 12.2 Å². The maximum absolute atomic E-state index is 13.2. The van der Waals surface area contributed by atoms with E-state index >= 15 is 0 Å². The molecular weight excluding hydrogens is 1430 g/mol. The molecule has 0 aromatic carbocycles. The van der Waals surface area contributed by atoms with Crippen LogP contribution in [0.25, 0.3) is 0 Å². The first-order valence-electron chi connectivity index (χ1n) is 47.2. The van der Waals surface area contributed by atoms with Gasteiger partial charge in [0.05, 0.1) is 26.4 Å². The van der Waals surface area contributed by atoms with Crippen LogP contribution in [-0.4, -0.2) is 96.7 Å². The first-order chi connectivity index (χ1) is 53.6. The lowest BCUT2D eigenvalue weighted by molar-refractivity contribution is -0.161. The van der Waals surface area contributed by atoms with Crippen LogP contribution < -0.4 is 0 Å². The van der Waals surface area contributed by atoms with Gasteiger partial charge in [-0.1, -0.05) is 446 Å². The van der Waals surface area contributed by atoms with Gasteiger partial charge < -0.3 is 33.8 Å². The number of phosphoric acid groups is 2. The van der Waals surface area contributed by atoms with Gasteiger partial charge >= 0.3 is 39.5 Å². The second-order valence-electron chi connectivity index (χ2n) is 32.9. The molecular formula is C91H178O17P2. The number of aliphatic hydroxyl groups excluding tert-OH is 1. The zero-order valence-corrected chi connectivity index (χ0v) is 74.2. The fraction of sp³-hybridized carbons (Fsp3) is 0.956. The van der Waals surface area contributed by atoms with Crippen LogP contribution in [0.1, 0.15) is 497 Å². The molecule has 0 heterocycles. The van der Waals surface area contributed by atoms with Crippen LogP contribution in [0, 0.1) is 5.92 Å². The van der Waals surface area contributed by atoms with Crippen molar-refractivity contribution in [1.29, 1.82) is 0 Å². The highest BCUT2D eigenvalue weighted by molar-refractivity contribution is 7.47. The highest BCUT2D eigenvalue weighted by atomic mass is 31.2. The average Bonchev–Trinajstić information content (AvgIpc) is 0.899. The predicted molar refractivity (Wildman–Crippen MR) is 455 cm³/mol. The lowest BCUT2D eigenvalue weighted by Crippen LogP contribution is -2.30. The van der Waals surface area contributed by atoms with E-state index < -0.39 is 97.5 Å². The van der Waals surface area contributed by atoms with Gasteiger partial charge in [-0.05, 0) is 31.6 Å². The number of phosphoric ester groups is 2. The molecule has 0 fully saturated rings. The molecule has 0 saturated heterocycles. The number of hydrogen-bond donors (Lipinski definition) is 3. The first-order valence-corrected chi connectivity index (χ1v) is 50.2. The monoisotopic (exact) mass is 1610 g/mol. The third kappa shape index (κ3) is 82.6. The minimum atomic E-state index is -4.97. The van der Waals surface area contributed by atoms with Crippen molar-refractivity contribution in [3.05, 3.63) is 0 Å². The third-order valence-electron chi connectivity index (χ3n) is 21.9. The van der Waals surface area contributed by atoms with Crippen molar-refractivity contribution in [1.82, 2.24) is 0 Å². The maximum atomic E-state index is 13.2. The fourth-order valence-corrected chi connectivity index (χ4v) is 15.9. The van der Waals surface area contributed by atoms with E-state index in [9.17, 15) is 43.2 Å². The minimum Gasteiger partial charge on any atom is -0.462 e. The van der Waals surface area contributed by atoms with Crippen LogP contribution in [-0.2, 0) is 65.4 Å². The Morgan fingerprint density at radius 1 is 0.255 bits per heavy atom. The Labute approximate surface area is 677 Å². The SMILES string of the molecule is CCCCCCCCCCCCCCCCCCCCCCCC(=O)OC[C@H](COP(=O)(O)OC[C@@H](O)COP(=O)(O)OC[C@@H](COC(=O)CCCCCCCCCCC(C)CC)OC(=O)CCCCCCCCCCCCCCCCCC)OC(=O)CCCCCCCCCCCCCCCCCCCCCCC. The van der Waals surface area contributed by atoms with Crippen LogP contribution >= 0.6 is 15.6 Å². The second kappa shape index (κ2) is 83.5. The Bertz CT molecular complexity index is 2080. The first kappa shape index (κ1) is 108. The molecule has 0 spiro atoms. The largest absolute Gasteiger partial charge is 0.472 e. The summed E-state index contributed by atoms with van der Waals surface area (Å²) in [5, 5.41) is 10.7. The van der Waals surface area contributed by atoms with Crippen molar-refractivity contribution in [2.75, 3.05) is 39.6 Å². The summed E-state index contributed by atoms with van der Waals surface area (Å²) in [5.41, 5.74) is 0. The molecule has 0 bridgehead atoms. The molecule has 6 atom stereocenters. The molecule has 0 aliphatic carbocycles. The van der Waals surface area contributed by atoms with Crippen molar-refractivity contribution in [2.24, 2.45) is 5.92 Å².